The van der Waals surface area contributed by atoms with Crippen LogP contribution in [0, 0.1) is 18.4 Å². The second kappa shape index (κ2) is 5.42. The Labute approximate surface area is 143 Å². The van der Waals surface area contributed by atoms with E-state index in [4.69, 9.17) is 26.7 Å². The largest absolute Gasteiger partial charge is 0.494 e. The second-order valence-corrected chi connectivity index (χ2v) is 6.16. The summed E-state index contributed by atoms with van der Waals surface area (Å²) < 4.78 is 9.16. The fourth-order valence-corrected chi connectivity index (χ4v) is 3.36. The number of hydrogen-bond donors (Lipinski definition) is 0. The van der Waals surface area contributed by atoms with Crippen molar-refractivity contribution in [1.29, 1.82) is 5.26 Å². The molecule has 122 valence electrons. The third-order valence-electron chi connectivity index (χ3n) is 4.41. The van der Waals surface area contributed by atoms with Crippen LogP contribution in [-0.2, 0) is 13.1 Å². The highest BCUT2D eigenvalue weighted by Crippen LogP contribution is 2.34. The number of nitrogens with zero attached hydrogens (tertiary/aromatic N) is 6. The van der Waals surface area contributed by atoms with Gasteiger partial charge in [-0.15, -0.1) is 0 Å². The fraction of sp³-hybridized carbons (Fsp3) is 0.312. The fourth-order valence-electron chi connectivity index (χ4n) is 3.14. The van der Waals surface area contributed by atoms with Gasteiger partial charge in [-0.3, -0.25) is 4.68 Å². The molecule has 0 atom stereocenters. The standard InChI is InChI=1S/C16H15ClN6O/c1-10-13-8-21(9-18)3-4-22(13)20-15(10)11-5-14(24-2)16-12(17)6-19-23(16)7-11/h5-7H,3-4,8H2,1-2H3. The summed E-state index contributed by atoms with van der Waals surface area (Å²) >= 11 is 6.18. The molecule has 0 unspecified atom stereocenters. The lowest BCUT2D eigenvalue weighted by atomic mass is 10.1. The molecule has 3 aromatic rings. The molecule has 8 heteroatoms. The van der Waals surface area contributed by atoms with Crippen molar-refractivity contribution in [2.24, 2.45) is 0 Å². The van der Waals surface area contributed by atoms with Crippen LogP contribution in [0.2, 0.25) is 5.02 Å². The van der Waals surface area contributed by atoms with Crippen LogP contribution in [0.4, 0.5) is 0 Å². The minimum atomic E-state index is 0.545. The van der Waals surface area contributed by atoms with E-state index < -0.39 is 0 Å². The van der Waals surface area contributed by atoms with Gasteiger partial charge >= 0.3 is 0 Å². The van der Waals surface area contributed by atoms with Gasteiger partial charge in [0.25, 0.3) is 0 Å². The van der Waals surface area contributed by atoms with Crippen LogP contribution in [0.3, 0.4) is 0 Å². The molecular weight excluding hydrogens is 328 g/mol. The number of ether oxygens (including phenoxy) is 1. The predicted molar refractivity (Wildman–Crippen MR) is 88.7 cm³/mol. The Kier molecular flexibility index (Phi) is 3.36. The highest BCUT2D eigenvalue weighted by molar-refractivity contribution is 6.34. The lowest BCUT2D eigenvalue weighted by Gasteiger charge is -2.22. The monoisotopic (exact) mass is 342 g/mol. The summed E-state index contributed by atoms with van der Waals surface area (Å²) in [5.74, 6) is 0.652. The Hall–Kier alpha value is -2.72. The highest BCUT2D eigenvalue weighted by atomic mass is 35.5. The normalized spacial score (nSPS) is 13.8. The van der Waals surface area contributed by atoms with Gasteiger partial charge < -0.3 is 9.64 Å². The Morgan fingerprint density at radius 3 is 2.96 bits per heavy atom. The third-order valence-corrected chi connectivity index (χ3v) is 4.69. The zero-order valence-corrected chi connectivity index (χ0v) is 14.1. The summed E-state index contributed by atoms with van der Waals surface area (Å²) in [6.07, 6.45) is 5.70. The third kappa shape index (κ3) is 2.11. The van der Waals surface area contributed by atoms with Gasteiger partial charge in [0.15, 0.2) is 6.19 Å². The van der Waals surface area contributed by atoms with E-state index >= 15 is 0 Å². The molecule has 0 N–H and O–H groups in total. The SMILES string of the molecule is COc1cc(-c2nn3c(c2C)CN(C#N)CC3)cn2ncc(Cl)c12. The first-order valence-corrected chi connectivity index (χ1v) is 7.92. The Morgan fingerprint density at radius 2 is 2.21 bits per heavy atom. The lowest BCUT2D eigenvalue weighted by Crippen LogP contribution is -2.30. The molecule has 0 saturated carbocycles. The molecular formula is C16H15ClN6O. The van der Waals surface area contributed by atoms with Gasteiger partial charge in [0.05, 0.1) is 42.8 Å². The zero-order valence-electron chi connectivity index (χ0n) is 13.3. The van der Waals surface area contributed by atoms with Crippen LogP contribution in [0.5, 0.6) is 5.75 Å². The molecule has 4 rings (SSSR count). The molecule has 4 heterocycles. The molecule has 1 aliphatic heterocycles. The summed E-state index contributed by atoms with van der Waals surface area (Å²) in [5.41, 5.74) is 4.64. The maximum Gasteiger partial charge on any atom is 0.179 e. The number of halogens is 1. The predicted octanol–water partition coefficient (Wildman–Crippen LogP) is 2.46. The van der Waals surface area contributed by atoms with Crippen molar-refractivity contribution in [2.45, 2.75) is 20.0 Å². The molecule has 24 heavy (non-hydrogen) atoms. The van der Waals surface area contributed by atoms with Crippen molar-refractivity contribution in [2.75, 3.05) is 13.7 Å². The number of nitriles is 1. The van der Waals surface area contributed by atoms with Crippen LogP contribution >= 0.6 is 11.6 Å². The van der Waals surface area contributed by atoms with E-state index in [2.05, 4.69) is 11.3 Å². The molecule has 0 aromatic carbocycles. The van der Waals surface area contributed by atoms with Gasteiger partial charge in [-0.05, 0) is 13.0 Å². The van der Waals surface area contributed by atoms with Gasteiger partial charge in [-0.2, -0.15) is 15.5 Å². The van der Waals surface area contributed by atoms with Crippen molar-refractivity contribution in [3.63, 3.8) is 0 Å². The van der Waals surface area contributed by atoms with Gasteiger partial charge in [0.2, 0.25) is 0 Å². The van der Waals surface area contributed by atoms with E-state index in [9.17, 15) is 0 Å². The quantitative estimate of drug-likeness (QED) is 0.669. The van der Waals surface area contributed by atoms with Crippen LogP contribution in [0.15, 0.2) is 18.5 Å². The summed E-state index contributed by atoms with van der Waals surface area (Å²) in [4.78, 5) is 1.74. The number of hydrogen-bond acceptors (Lipinski definition) is 5. The van der Waals surface area contributed by atoms with E-state index in [0.717, 1.165) is 28.0 Å². The van der Waals surface area contributed by atoms with E-state index in [0.29, 0.717) is 30.4 Å². The van der Waals surface area contributed by atoms with Crippen LogP contribution < -0.4 is 4.74 Å². The molecule has 3 aromatic heterocycles. The molecule has 0 radical (unpaired) electrons. The van der Waals surface area contributed by atoms with E-state index in [-0.39, 0.29) is 0 Å². The average Bonchev–Trinajstić information content (AvgIpc) is 3.14. The lowest BCUT2D eigenvalue weighted by molar-refractivity contribution is 0.301. The topological polar surface area (TPSA) is 71.4 Å². The van der Waals surface area contributed by atoms with Crippen molar-refractivity contribution in [3.05, 3.63) is 34.7 Å². The van der Waals surface area contributed by atoms with Crippen molar-refractivity contribution in [3.8, 4) is 23.2 Å². The molecule has 0 saturated heterocycles. The molecule has 7 nitrogen and oxygen atoms in total. The zero-order chi connectivity index (χ0) is 16.8. The van der Waals surface area contributed by atoms with Crippen molar-refractivity contribution >= 4 is 17.1 Å². The first kappa shape index (κ1) is 14.8. The van der Waals surface area contributed by atoms with Gasteiger partial charge in [0.1, 0.15) is 11.3 Å². The second-order valence-electron chi connectivity index (χ2n) is 5.75. The summed E-state index contributed by atoms with van der Waals surface area (Å²) in [6, 6.07) is 1.92. The number of pyridine rings is 1. The van der Waals surface area contributed by atoms with E-state index in [1.165, 1.54) is 0 Å². The molecule has 0 fully saturated rings. The highest BCUT2D eigenvalue weighted by Gasteiger charge is 2.23. The summed E-state index contributed by atoms with van der Waals surface area (Å²) in [5, 5.41) is 18.7. The molecule has 0 spiro atoms. The first-order chi connectivity index (χ1) is 11.6. The molecule has 1 aliphatic rings. The Bertz CT molecular complexity index is 983. The van der Waals surface area contributed by atoms with Gasteiger partial charge in [-0.25, -0.2) is 4.52 Å². The van der Waals surface area contributed by atoms with E-state index in [1.807, 2.05) is 23.9 Å². The number of fused-ring (bicyclic) bond motifs is 2. The Morgan fingerprint density at radius 1 is 1.38 bits per heavy atom. The maximum atomic E-state index is 9.13. The van der Waals surface area contributed by atoms with Crippen molar-refractivity contribution in [1.82, 2.24) is 24.3 Å². The summed E-state index contributed by atoms with van der Waals surface area (Å²) in [7, 11) is 1.61. The Balaban J connectivity index is 1.87. The minimum Gasteiger partial charge on any atom is -0.494 e. The number of aromatic nitrogens is 4. The van der Waals surface area contributed by atoms with Crippen LogP contribution in [-0.4, -0.2) is 37.9 Å². The molecule has 0 bridgehead atoms. The first-order valence-electron chi connectivity index (χ1n) is 7.54. The molecule has 0 amide bonds. The smallest absolute Gasteiger partial charge is 0.179 e. The van der Waals surface area contributed by atoms with Crippen LogP contribution in [0.25, 0.3) is 16.8 Å². The average molecular weight is 343 g/mol. The van der Waals surface area contributed by atoms with Crippen LogP contribution in [0.1, 0.15) is 11.3 Å². The minimum absolute atomic E-state index is 0.545. The number of methoxy groups -OCH3 is 1. The molecule has 0 aliphatic carbocycles. The maximum absolute atomic E-state index is 9.13. The number of rotatable bonds is 2. The summed E-state index contributed by atoms with van der Waals surface area (Å²) in [6.45, 7) is 4.00. The van der Waals surface area contributed by atoms with Gasteiger partial charge in [-0.1, -0.05) is 11.6 Å². The van der Waals surface area contributed by atoms with E-state index in [1.54, 1.807) is 22.7 Å². The van der Waals surface area contributed by atoms with Gasteiger partial charge in [0, 0.05) is 23.9 Å². The van der Waals surface area contributed by atoms with Crippen molar-refractivity contribution < 1.29 is 4.74 Å².